The molecular formula is C20H24N4O6. The standard InChI is InChI=1S/C20H24N4O6/c1-3-4-9-29-15-7-5-14(6-8-15)23-18(26)13-10-16(28-2)19(22-12-13)30-20(27)24-17(25)11-21/h5-8,10,12H,3-4,9,11,21H2,1-2H3,(H,23,26)(H,24,25,27). The third-order valence-corrected chi connectivity index (χ3v) is 3.80. The zero-order valence-electron chi connectivity index (χ0n) is 16.8. The molecule has 0 aliphatic carbocycles. The Balaban J connectivity index is 2.02. The van der Waals surface area contributed by atoms with Crippen LogP contribution in [0.1, 0.15) is 30.1 Å². The zero-order chi connectivity index (χ0) is 21.9. The molecule has 0 aliphatic heterocycles. The Hall–Kier alpha value is -3.66. The largest absolute Gasteiger partial charge is 0.494 e. The van der Waals surface area contributed by atoms with Crippen molar-refractivity contribution in [3.63, 3.8) is 0 Å². The van der Waals surface area contributed by atoms with Gasteiger partial charge >= 0.3 is 6.09 Å². The van der Waals surface area contributed by atoms with E-state index in [-0.39, 0.29) is 23.7 Å². The molecule has 10 nitrogen and oxygen atoms in total. The molecule has 0 unspecified atom stereocenters. The Morgan fingerprint density at radius 1 is 1.17 bits per heavy atom. The summed E-state index contributed by atoms with van der Waals surface area (Å²) in [5.74, 6) is -0.591. The number of aromatic nitrogens is 1. The molecule has 1 heterocycles. The molecule has 2 aromatic rings. The zero-order valence-corrected chi connectivity index (χ0v) is 16.8. The molecule has 4 N–H and O–H groups in total. The van der Waals surface area contributed by atoms with E-state index in [1.54, 1.807) is 24.3 Å². The third kappa shape index (κ3) is 6.74. The molecule has 30 heavy (non-hydrogen) atoms. The van der Waals surface area contributed by atoms with Gasteiger partial charge in [0.2, 0.25) is 5.91 Å². The van der Waals surface area contributed by atoms with Crippen LogP contribution in [0, 0.1) is 0 Å². The van der Waals surface area contributed by atoms with Crippen LogP contribution < -0.4 is 30.6 Å². The highest BCUT2D eigenvalue weighted by molar-refractivity contribution is 6.04. The lowest BCUT2D eigenvalue weighted by Gasteiger charge is -2.11. The number of nitrogens with two attached hydrogens (primary N) is 1. The lowest BCUT2D eigenvalue weighted by atomic mass is 10.2. The molecule has 160 valence electrons. The predicted octanol–water partition coefficient (Wildman–Crippen LogP) is 2.10. The first kappa shape index (κ1) is 22.6. The number of nitrogens with one attached hydrogen (secondary N) is 2. The lowest BCUT2D eigenvalue weighted by molar-refractivity contribution is -0.118. The number of pyridine rings is 1. The van der Waals surface area contributed by atoms with Crippen molar-refractivity contribution < 1.29 is 28.6 Å². The van der Waals surface area contributed by atoms with E-state index in [0.29, 0.717) is 12.3 Å². The van der Waals surface area contributed by atoms with E-state index in [9.17, 15) is 14.4 Å². The van der Waals surface area contributed by atoms with Crippen LogP contribution in [-0.2, 0) is 4.79 Å². The molecule has 1 aromatic carbocycles. The number of imide groups is 1. The number of hydrogen-bond donors (Lipinski definition) is 3. The molecule has 3 amide bonds. The van der Waals surface area contributed by atoms with Crippen LogP contribution >= 0.6 is 0 Å². The summed E-state index contributed by atoms with van der Waals surface area (Å²) in [6, 6.07) is 8.34. The molecule has 0 atom stereocenters. The second kappa shape index (κ2) is 11.4. The van der Waals surface area contributed by atoms with E-state index in [0.717, 1.165) is 18.6 Å². The van der Waals surface area contributed by atoms with Crippen molar-refractivity contribution in [3.05, 3.63) is 42.1 Å². The Morgan fingerprint density at radius 3 is 2.53 bits per heavy atom. The van der Waals surface area contributed by atoms with E-state index in [4.69, 9.17) is 19.9 Å². The van der Waals surface area contributed by atoms with Crippen molar-refractivity contribution >= 4 is 23.6 Å². The van der Waals surface area contributed by atoms with Crippen LogP contribution in [0.3, 0.4) is 0 Å². The highest BCUT2D eigenvalue weighted by atomic mass is 16.6. The molecule has 10 heteroatoms. The number of carbonyl (C=O) groups excluding carboxylic acids is 3. The molecule has 0 bridgehead atoms. The van der Waals surface area contributed by atoms with E-state index in [1.165, 1.54) is 19.4 Å². The predicted molar refractivity (Wildman–Crippen MR) is 109 cm³/mol. The van der Waals surface area contributed by atoms with Gasteiger partial charge in [0.25, 0.3) is 11.8 Å². The maximum absolute atomic E-state index is 12.5. The first-order chi connectivity index (χ1) is 14.5. The number of unbranched alkanes of at least 4 members (excludes halogenated alkanes) is 1. The van der Waals surface area contributed by atoms with E-state index in [1.807, 2.05) is 5.32 Å². The van der Waals surface area contributed by atoms with Crippen molar-refractivity contribution in [2.24, 2.45) is 5.73 Å². The monoisotopic (exact) mass is 416 g/mol. The fourth-order valence-corrected chi connectivity index (χ4v) is 2.23. The third-order valence-electron chi connectivity index (χ3n) is 3.80. The lowest BCUT2D eigenvalue weighted by Crippen LogP contribution is -2.37. The van der Waals surface area contributed by atoms with E-state index >= 15 is 0 Å². The van der Waals surface area contributed by atoms with Crippen molar-refractivity contribution in [1.82, 2.24) is 10.3 Å². The highest BCUT2D eigenvalue weighted by Gasteiger charge is 2.17. The van der Waals surface area contributed by atoms with Gasteiger partial charge in [-0.2, -0.15) is 0 Å². The topological polar surface area (TPSA) is 142 Å². The van der Waals surface area contributed by atoms with Crippen molar-refractivity contribution in [2.75, 3.05) is 25.6 Å². The number of methoxy groups -OCH3 is 1. The van der Waals surface area contributed by atoms with Gasteiger partial charge in [0, 0.05) is 18.0 Å². The molecule has 0 aliphatic rings. The molecular weight excluding hydrogens is 392 g/mol. The molecule has 0 radical (unpaired) electrons. The minimum absolute atomic E-state index is 0.0395. The van der Waals surface area contributed by atoms with E-state index in [2.05, 4.69) is 17.2 Å². The van der Waals surface area contributed by atoms with Gasteiger partial charge in [-0.1, -0.05) is 13.3 Å². The Morgan fingerprint density at radius 2 is 1.90 bits per heavy atom. The second-order valence-corrected chi connectivity index (χ2v) is 6.05. The van der Waals surface area contributed by atoms with Crippen LogP contribution in [0.2, 0.25) is 0 Å². The van der Waals surface area contributed by atoms with Gasteiger partial charge in [0.15, 0.2) is 5.75 Å². The van der Waals surface area contributed by atoms with Crippen LogP contribution in [0.25, 0.3) is 0 Å². The van der Waals surface area contributed by atoms with Crippen molar-refractivity contribution in [2.45, 2.75) is 19.8 Å². The number of amides is 3. The molecule has 2 rings (SSSR count). The number of carbonyl (C=O) groups is 3. The molecule has 0 fully saturated rings. The van der Waals surface area contributed by atoms with Gasteiger partial charge in [0.05, 0.1) is 25.8 Å². The maximum Gasteiger partial charge on any atom is 0.420 e. The summed E-state index contributed by atoms with van der Waals surface area (Å²) in [5, 5.41) is 4.64. The normalized spacial score (nSPS) is 10.1. The van der Waals surface area contributed by atoms with Crippen LogP contribution in [-0.4, -0.2) is 43.2 Å². The summed E-state index contributed by atoms with van der Waals surface area (Å²) in [6.45, 7) is 2.35. The fourth-order valence-electron chi connectivity index (χ4n) is 2.23. The van der Waals surface area contributed by atoms with Crippen molar-refractivity contribution in [3.8, 4) is 17.4 Å². The highest BCUT2D eigenvalue weighted by Crippen LogP contribution is 2.26. The first-order valence-corrected chi connectivity index (χ1v) is 9.26. The molecule has 0 spiro atoms. The van der Waals surface area contributed by atoms with Gasteiger partial charge in [-0.15, -0.1) is 0 Å². The summed E-state index contributed by atoms with van der Waals surface area (Å²) in [7, 11) is 1.33. The van der Waals surface area contributed by atoms with Crippen LogP contribution in [0.15, 0.2) is 36.5 Å². The quantitative estimate of drug-likeness (QED) is 0.528. The minimum atomic E-state index is -1.06. The first-order valence-electron chi connectivity index (χ1n) is 9.26. The smallest absolute Gasteiger partial charge is 0.420 e. The van der Waals surface area contributed by atoms with Crippen LogP contribution in [0.5, 0.6) is 17.4 Å². The summed E-state index contributed by atoms with van der Waals surface area (Å²) in [4.78, 5) is 39.1. The fraction of sp³-hybridized carbons (Fsp3) is 0.300. The number of nitrogens with zero attached hydrogens (tertiary/aromatic N) is 1. The van der Waals surface area contributed by atoms with Crippen LogP contribution in [0.4, 0.5) is 10.5 Å². The molecule has 0 saturated carbocycles. The Bertz CT molecular complexity index is 885. The van der Waals surface area contributed by atoms with Gasteiger partial charge in [0.1, 0.15) is 5.75 Å². The van der Waals surface area contributed by atoms with Gasteiger partial charge in [-0.05, 0) is 30.7 Å². The molecule has 0 saturated heterocycles. The summed E-state index contributed by atoms with van der Waals surface area (Å²) in [5.41, 5.74) is 5.86. The summed E-state index contributed by atoms with van der Waals surface area (Å²) < 4.78 is 15.6. The Labute approximate surface area is 173 Å². The average molecular weight is 416 g/mol. The maximum atomic E-state index is 12.5. The summed E-state index contributed by atoms with van der Waals surface area (Å²) in [6.07, 6.45) is 2.17. The second-order valence-electron chi connectivity index (χ2n) is 6.05. The number of ether oxygens (including phenoxy) is 3. The molecule has 1 aromatic heterocycles. The number of hydrogen-bond acceptors (Lipinski definition) is 8. The van der Waals surface area contributed by atoms with Gasteiger partial charge in [-0.3, -0.25) is 14.9 Å². The number of anilines is 1. The minimum Gasteiger partial charge on any atom is -0.494 e. The van der Waals surface area contributed by atoms with Gasteiger partial charge in [-0.25, -0.2) is 9.78 Å². The number of benzene rings is 1. The average Bonchev–Trinajstić information content (AvgIpc) is 2.75. The van der Waals surface area contributed by atoms with Crippen molar-refractivity contribution in [1.29, 1.82) is 0 Å². The SMILES string of the molecule is CCCCOc1ccc(NC(=O)c2cnc(OC(=O)NC(=O)CN)c(OC)c2)cc1. The van der Waals surface area contributed by atoms with Gasteiger partial charge < -0.3 is 25.3 Å². The number of rotatable bonds is 9. The Kier molecular flexibility index (Phi) is 8.57. The summed E-state index contributed by atoms with van der Waals surface area (Å²) >= 11 is 0. The van der Waals surface area contributed by atoms with E-state index < -0.39 is 17.9 Å².